The molecule has 1 heterocycles. The quantitative estimate of drug-likeness (QED) is 0.314. The van der Waals surface area contributed by atoms with Crippen LogP contribution >= 0.6 is 0 Å². The molecular weight excluding hydrogens is 424 g/mol. The molecule has 166 valence electrons. The topological polar surface area (TPSA) is 61.2 Å². The average Bonchev–Trinajstić information content (AvgIpc) is 2.87. The number of rotatable bonds is 5. The van der Waals surface area contributed by atoms with Gasteiger partial charge in [0, 0.05) is 29.1 Å². The van der Waals surface area contributed by atoms with E-state index in [0.29, 0.717) is 28.0 Å². The SMILES string of the molecule is Cc1ccc(C(=O)c2ccc(Oc3ccc(-c4nn(C)c(=O)c5ccccc45)cc3)cc2)cc1. The van der Waals surface area contributed by atoms with E-state index in [-0.39, 0.29) is 11.3 Å². The third kappa shape index (κ3) is 4.11. The minimum atomic E-state index is -0.122. The van der Waals surface area contributed by atoms with Crippen LogP contribution in [0.1, 0.15) is 21.5 Å². The number of hydrogen-bond donors (Lipinski definition) is 0. The van der Waals surface area contributed by atoms with Gasteiger partial charge in [0.15, 0.2) is 5.78 Å². The molecule has 0 aliphatic heterocycles. The van der Waals surface area contributed by atoms with E-state index in [9.17, 15) is 9.59 Å². The van der Waals surface area contributed by atoms with E-state index in [0.717, 1.165) is 22.2 Å². The Morgan fingerprint density at radius 3 is 1.88 bits per heavy atom. The largest absolute Gasteiger partial charge is 0.457 e. The molecule has 5 aromatic rings. The first kappa shape index (κ1) is 21.3. The van der Waals surface area contributed by atoms with Crippen LogP contribution in [0.3, 0.4) is 0 Å². The lowest BCUT2D eigenvalue weighted by molar-refractivity contribution is 0.103. The van der Waals surface area contributed by atoms with Crippen molar-refractivity contribution in [3.63, 3.8) is 0 Å². The third-order valence-electron chi connectivity index (χ3n) is 5.75. The number of benzene rings is 4. The van der Waals surface area contributed by atoms with Crippen LogP contribution in [-0.2, 0) is 7.05 Å². The summed E-state index contributed by atoms with van der Waals surface area (Å²) in [5.74, 6) is 1.28. The van der Waals surface area contributed by atoms with Crippen molar-refractivity contribution in [2.45, 2.75) is 6.92 Å². The molecule has 0 spiro atoms. The first-order valence-corrected chi connectivity index (χ1v) is 11.0. The number of fused-ring (bicyclic) bond motifs is 1. The second kappa shape index (κ2) is 8.79. The molecule has 0 bridgehead atoms. The lowest BCUT2D eigenvalue weighted by atomic mass is 10.0. The summed E-state index contributed by atoms with van der Waals surface area (Å²) < 4.78 is 7.33. The summed E-state index contributed by atoms with van der Waals surface area (Å²) in [7, 11) is 1.66. The lowest BCUT2D eigenvalue weighted by Crippen LogP contribution is -2.20. The number of nitrogens with zero attached hydrogens (tertiary/aromatic N) is 2. The van der Waals surface area contributed by atoms with Gasteiger partial charge in [-0.15, -0.1) is 0 Å². The van der Waals surface area contributed by atoms with Crippen LogP contribution in [0.15, 0.2) is 102 Å². The molecule has 0 aliphatic carbocycles. The fraction of sp³-hybridized carbons (Fsp3) is 0.0690. The minimum absolute atomic E-state index is 0.0205. The van der Waals surface area contributed by atoms with Gasteiger partial charge < -0.3 is 4.74 Å². The summed E-state index contributed by atoms with van der Waals surface area (Å²) in [4.78, 5) is 25.1. The van der Waals surface area contributed by atoms with Crippen LogP contribution in [-0.4, -0.2) is 15.6 Å². The second-order valence-corrected chi connectivity index (χ2v) is 8.17. The van der Waals surface area contributed by atoms with E-state index in [1.807, 2.05) is 79.7 Å². The lowest BCUT2D eigenvalue weighted by Gasteiger charge is -2.10. The number of carbonyl (C=O) groups is 1. The summed E-state index contributed by atoms with van der Waals surface area (Å²) in [6.45, 7) is 1.99. The molecule has 0 saturated heterocycles. The molecule has 0 N–H and O–H groups in total. The molecule has 0 aliphatic rings. The highest BCUT2D eigenvalue weighted by molar-refractivity contribution is 6.09. The van der Waals surface area contributed by atoms with E-state index in [4.69, 9.17) is 4.74 Å². The first-order chi connectivity index (χ1) is 16.5. The summed E-state index contributed by atoms with van der Waals surface area (Å²) in [5.41, 5.74) is 3.89. The maximum absolute atomic E-state index is 12.7. The Morgan fingerprint density at radius 2 is 1.26 bits per heavy atom. The van der Waals surface area contributed by atoms with Gasteiger partial charge in [0.05, 0.1) is 11.1 Å². The predicted octanol–water partition coefficient (Wildman–Crippen LogP) is 5.93. The highest BCUT2D eigenvalue weighted by Gasteiger charge is 2.12. The highest BCUT2D eigenvalue weighted by atomic mass is 16.5. The molecule has 5 nitrogen and oxygen atoms in total. The van der Waals surface area contributed by atoms with Crippen molar-refractivity contribution >= 4 is 16.6 Å². The molecule has 0 saturated carbocycles. The fourth-order valence-corrected chi connectivity index (χ4v) is 3.88. The standard InChI is InChI=1S/C29H22N2O3/c1-19-7-9-21(10-8-19)28(32)22-13-17-24(18-14-22)34-23-15-11-20(12-16-23)27-25-5-3-4-6-26(25)29(33)31(2)30-27/h3-18H,1-2H3. The molecular formula is C29H22N2O3. The molecule has 1 aromatic heterocycles. The molecule has 34 heavy (non-hydrogen) atoms. The Balaban J connectivity index is 1.36. The monoisotopic (exact) mass is 446 g/mol. The summed E-state index contributed by atoms with van der Waals surface area (Å²) in [5, 5.41) is 5.92. The van der Waals surface area contributed by atoms with E-state index in [1.165, 1.54) is 4.68 Å². The smallest absolute Gasteiger partial charge is 0.274 e. The van der Waals surface area contributed by atoms with Crippen molar-refractivity contribution in [2.75, 3.05) is 0 Å². The van der Waals surface area contributed by atoms with E-state index < -0.39 is 0 Å². The van der Waals surface area contributed by atoms with E-state index in [2.05, 4.69) is 5.10 Å². The van der Waals surface area contributed by atoms with Gasteiger partial charge in [-0.25, -0.2) is 4.68 Å². The van der Waals surface area contributed by atoms with Gasteiger partial charge in [-0.2, -0.15) is 5.10 Å². The van der Waals surface area contributed by atoms with Gasteiger partial charge in [0.2, 0.25) is 0 Å². The van der Waals surface area contributed by atoms with E-state index in [1.54, 1.807) is 31.3 Å². The predicted molar refractivity (Wildman–Crippen MR) is 134 cm³/mol. The minimum Gasteiger partial charge on any atom is -0.457 e. The molecule has 0 fully saturated rings. The van der Waals surface area contributed by atoms with Gasteiger partial charge in [-0.05, 0) is 61.5 Å². The van der Waals surface area contributed by atoms with Crippen LogP contribution in [0.25, 0.3) is 22.0 Å². The van der Waals surface area contributed by atoms with Crippen LogP contribution in [0.2, 0.25) is 0 Å². The first-order valence-electron chi connectivity index (χ1n) is 11.0. The van der Waals surface area contributed by atoms with Gasteiger partial charge in [-0.1, -0.05) is 48.0 Å². The van der Waals surface area contributed by atoms with Crippen molar-refractivity contribution < 1.29 is 9.53 Å². The summed E-state index contributed by atoms with van der Waals surface area (Å²) in [6.07, 6.45) is 0. The summed E-state index contributed by atoms with van der Waals surface area (Å²) >= 11 is 0. The Labute approximate surface area is 196 Å². The second-order valence-electron chi connectivity index (χ2n) is 8.17. The normalized spacial score (nSPS) is 10.9. The zero-order valence-electron chi connectivity index (χ0n) is 18.9. The van der Waals surface area contributed by atoms with Crippen LogP contribution in [0.4, 0.5) is 0 Å². The maximum atomic E-state index is 12.7. The zero-order valence-corrected chi connectivity index (χ0v) is 18.9. The number of hydrogen-bond acceptors (Lipinski definition) is 4. The van der Waals surface area contributed by atoms with Crippen LogP contribution < -0.4 is 10.3 Å². The van der Waals surface area contributed by atoms with Gasteiger partial charge in [-0.3, -0.25) is 9.59 Å². The highest BCUT2D eigenvalue weighted by Crippen LogP contribution is 2.28. The molecule has 0 amide bonds. The number of aromatic nitrogens is 2. The fourth-order valence-electron chi connectivity index (χ4n) is 3.88. The summed E-state index contributed by atoms with van der Waals surface area (Å²) in [6, 6.07) is 29.7. The van der Waals surface area contributed by atoms with Crippen molar-refractivity contribution in [3.05, 3.63) is 124 Å². The van der Waals surface area contributed by atoms with Crippen molar-refractivity contribution in [1.82, 2.24) is 9.78 Å². The Morgan fingerprint density at radius 1 is 0.735 bits per heavy atom. The van der Waals surface area contributed by atoms with Gasteiger partial charge in [0.25, 0.3) is 5.56 Å². The Kier molecular flexibility index (Phi) is 5.52. The molecule has 0 radical (unpaired) electrons. The number of aryl methyl sites for hydroxylation is 2. The molecule has 0 unspecified atom stereocenters. The van der Waals surface area contributed by atoms with Crippen LogP contribution in [0, 0.1) is 6.92 Å². The van der Waals surface area contributed by atoms with Crippen molar-refractivity contribution in [2.24, 2.45) is 7.05 Å². The van der Waals surface area contributed by atoms with E-state index >= 15 is 0 Å². The van der Waals surface area contributed by atoms with Gasteiger partial charge in [0.1, 0.15) is 11.5 Å². The van der Waals surface area contributed by atoms with Crippen molar-refractivity contribution in [3.8, 4) is 22.8 Å². The third-order valence-corrected chi connectivity index (χ3v) is 5.75. The molecule has 0 atom stereocenters. The Bertz CT molecular complexity index is 1550. The number of ketones is 1. The van der Waals surface area contributed by atoms with Gasteiger partial charge >= 0.3 is 0 Å². The van der Waals surface area contributed by atoms with Crippen LogP contribution in [0.5, 0.6) is 11.5 Å². The Hall–Kier alpha value is -4.51. The average molecular weight is 447 g/mol. The zero-order chi connectivity index (χ0) is 23.7. The molecule has 4 aromatic carbocycles. The number of ether oxygens (including phenoxy) is 1. The molecule has 5 rings (SSSR count). The maximum Gasteiger partial charge on any atom is 0.274 e. The molecule has 5 heteroatoms. The number of carbonyl (C=O) groups excluding carboxylic acids is 1. The van der Waals surface area contributed by atoms with Crippen molar-refractivity contribution in [1.29, 1.82) is 0 Å².